The third-order valence-electron chi connectivity index (χ3n) is 4.35. The van der Waals surface area contributed by atoms with Crippen LogP contribution in [0.1, 0.15) is 74.1 Å². The van der Waals surface area contributed by atoms with E-state index >= 15 is 0 Å². The van der Waals surface area contributed by atoms with Gasteiger partial charge in [-0.25, -0.2) is 0 Å². The molecule has 0 amide bonds. The normalized spacial score (nSPS) is 29.8. The molecule has 2 rings (SSSR count). The van der Waals surface area contributed by atoms with Crippen molar-refractivity contribution in [1.29, 1.82) is 0 Å². The molecule has 0 aromatic heterocycles. The zero-order valence-electron chi connectivity index (χ0n) is 12.8. The Balaban J connectivity index is 0.000000581. The van der Waals surface area contributed by atoms with Crippen LogP contribution in [-0.2, 0) is 0 Å². The molecule has 0 bridgehead atoms. The molecular formula is C15H31NO. The fraction of sp³-hybridized carbons (Fsp3) is 0.933. The lowest BCUT2D eigenvalue weighted by atomic mass is 9.63. The minimum Gasteiger partial charge on any atom is -0.411 e. The van der Waals surface area contributed by atoms with Gasteiger partial charge in [0.15, 0.2) is 0 Å². The van der Waals surface area contributed by atoms with Crippen molar-refractivity contribution in [3.63, 3.8) is 0 Å². The third kappa shape index (κ3) is 3.02. The van der Waals surface area contributed by atoms with Crippen molar-refractivity contribution >= 4 is 5.71 Å². The van der Waals surface area contributed by atoms with Crippen LogP contribution >= 0.6 is 0 Å². The van der Waals surface area contributed by atoms with Crippen molar-refractivity contribution in [1.82, 2.24) is 0 Å². The van der Waals surface area contributed by atoms with Crippen LogP contribution in [0.4, 0.5) is 0 Å². The molecule has 2 aliphatic carbocycles. The molecule has 2 fully saturated rings. The van der Waals surface area contributed by atoms with Gasteiger partial charge in [0, 0.05) is 10.8 Å². The summed E-state index contributed by atoms with van der Waals surface area (Å²) >= 11 is 0. The molecular weight excluding hydrogens is 210 g/mol. The van der Waals surface area contributed by atoms with Gasteiger partial charge < -0.3 is 5.21 Å². The van der Waals surface area contributed by atoms with Crippen LogP contribution in [0.25, 0.3) is 0 Å². The molecule has 0 aromatic rings. The van der Waals surface area contributed by atoms with Crippen LogP contribution in [-0.4, -0.2) is 10.9 Å². The van der Waals surface area contributed by atoms with E-state index in [1.165, 1.54) is 25.7 Å². The Morgan fingerprint density at radius 3 is 1.88 bits per heavy atom. The van der Waals surface area contributed by atoms with Gasteiger partial charge in [-0.15, -0.1) is 0 Å². The van der Waals surface area contributed by atoms with Crippen molar-refractivity contribution in [3.05, 3.63) is 0 Å². The van der Waals surface area contributed by atoms with Gasteiger partial charge in [0.1, 0.15) is 0 Å². The summed E-state index contributed by atoms with van der Waals surface area (Å²) in [6.07, 6.45) is 4.99. The molecule has 0 radical (unpaired) electrons. The average Bonchev–Trinajstić information content (AvgIpc) is 3.11. The molecule has 1 spiro atoms. The van der Waals surface area contributed by atoms with Crippen LogP contribution in [0.5, 0.6) is 0 Å². The van der Waals surface area contributed by atoms with Crippen LogP contribution in [0.15, 0.2) is 5.16 Å². The molecule has 2 saturated carbocycles. The quantitative estimate of drug-likeness (QED) is 0.464. The number of nitrogens with zero attached hydrogens (tertiary/aromatic N) is 1. The summed E-state index contributed by atoms with van der Waals surface area (Å²) in [6, 6.07) is 0. The number of hydrogen-bond acceptors (Lipinski definition) is 2. The fourth-order valence-corrected chi connectivity index (χ4v) is 2.76. The van der Waals surface area contributed by atoms with Gasteiger partial charge in [-0.1, -0.05) is 53.6 Å². The van der Waals surface area contributed by atoms with Gasteiger partial charge in [-0.05, 0) is 31.6 Å². The van der Waals surface area contributed by atoms with Gasteiger partial charge in [-0.2, -0.15) is 0 Å². The van der Waals surface area contributed by atoms with Gasteiger partial charge in [0.05, 0.1) is 5.71 Å². The van der Waals surface area contributed by atoms with Crippen LogP contribution in [0, 0.1) is 16.7 Å². The molecule has 2 aliphatic rings. The summed E-state index contributed by atoms with van der Waals surface area (Å²) in [5.41, 5.74) is 1.48. The second-order valence-corrected chi connectivity index (χ2v) is 5.39. The van der Waals surface area contributed by atoms with Crippen LogP contribution in [0.2, 0.25) is 0 Å². The highest BCUT2D eigenvalue weighted by Crippen LogP contribution is 2.60. The Morgan fingerprint density at radius 2 is 1.53 bits per heavy atom. The predicted molar refractivity (Wildman–Crippen MR) is 75.8 cm³/mol. The van der Waals surface area contributed by atoms with Gasteiger partial charge in [-0.3, -0.25) is 0 Å². The Hall–Kier alpha value is -0.530. The molecule has 2 heteroatoms. The van der Waals surface area contributed by atoms with E-state index in [-0.39, 0.29) is 5.41 Å². The smallest absolute Gasteiger partial charge is 0.0690 e. The highest BCUT2D eigenvalue weighted by atomic mass is 16.4. The van der Waals surface area contributed by atoms with E-state index < -0.39 is 0 Å². The average molecular weight is 241 g/mol. The van der Waals surface area contributed by atoms with Crippen molar-refractivity contribution in [2.75, 3.05) is 0 Å². The fourth-order valence-electron chi connectivity index (χ4n) is 2.76. The summed E-state index contributed by atoms with van der Waals surface area (Å²) in [4.78, 5) is 0. The van der Waals surface area contributed by atoms with Gasteiger partial charge in [0.2, 0.25) is 0 Å². The lowest BCUT2D eigenvalue weighted by Gasteiger charge is -2.41. The maximum absolute atomic E-state index is 9.11. The first-order chi connectivity index (χ1) is 8.03. The van der Waals surface area contributed by atoms with E-state index in [0.29, 0.717) is 11.3 Å². The van der Waals surface area contributed by atoms with E-state index in [4.69, 9.17) is 5.21 Å². The molecule has 0 saturated heterocycles. The topological polar surface area (TPSA) is 32.6 Å². The largest absolute Gasteiger partial charge is 0.411 e. The first-order valence-electron chi connectivity index (χ1n) is 7.26. The number of hydrogen-bond donors (Lipinski definition) is 1. The third-order valence-corrected chi connectivity index (χ3v) is 4.35. The molecule has 102 valence electrons. The summed E-state index contributed by atoms with van der Waals surface area (Å²) in [5.74, 6) is 0.643. The highest BCUT2D eigenvalue weighted by Gasteiger charge is 2.56. The van der Waals surface area contributed by atoms with Crippen molar-refractivity contribution in [2.24, 2.45) is 21.9 Å². The second kappa shape index (κ2) is 6.42. The standard InChI is InChI=1S/C11H19NO.2C2H6/c1-8-4-5-11(6-7-11)9(12-13)10(8,2)3;2*1-2/h8,13H,4-7H2,1-3H3;2*1-2H3/b12-9-;;. The number of oxime groups is 1. The Kier molecular flexibility index (Phi) is 6.22. The van der Waals surface area contributed by atoms with Crippen LogP contribution in [0.3, 0.4) is 0 Å². The van der Waals surface area contributed by atoms with Crippen molar-refractivity contribution in [3.8, 4) is 0 Å². The first-order valence-corrected chi connectivity index (χ1v) is 7.26. The molecule has 17 heavy (non-hydrogen) atoms. The van der Waals surface area contributed by atoms with Crippen molar-refractivity contribution in [2.45, 2.75) is 74.1 Å². The highest BCUT2D eigenvalue weighted by molar-refractivity contribution is 5.97. The molecule has 1 atom stereocenters. The first kappa shape index (κ1) is 16.5. The molecule has 0 aromatic carbocycles. The van der Waals surface area contributed by atoms with Gasteiger partial charge >= 0.3 is 0 Å². The Bertz CT molecular complexity index is 252. The van der Waals surface area contributed by atoms with E-state index in [2.05, 4.69) is 25.9 Å². The summed E-state index contributed by atoms with van der Waals surface area (Å²) in [7, 11) is 0. The van der Waals surface area contributed by atoms with E-state index in [1.807, 2.05) is 27.7 Å². The number of rotatable bonds is 0. The van der Waals surface area contributed by atoms with Crippen LogP contribution < -0.4 is 0 Å². The van der Waals surface area contributed by atoms with Crippen molar-refractivity contribution < 1.29 is 5.21 Å². The van der Waals surface area contributed by atoms with E-state index in [1.54, 1.807) is 0 Å². The summed E-state index contributed by atoms with van der Waals surface area (Å²) in [6.45, 7) is 14.7. The molecule has 0 aliphatic heterocycles. The zero-order chi connectivity index (χ0) is 13.7. The maximum atomic E-state index is 9.11. The zero-order valence-corrected chi connectivity index (χ0v) is 12.8. The maximum Gasteiger partial charge on any atom is 0.0690 e. The van der Waals surface area contributed by atoms with E-state index in [0.717, 1.165) is 5.71 Å². The lowest BCUT2D eigenvalue weighted by molar-refractivity contribution is 0.221. The molecule has 2 nitrogen and oxygen atoms in total. The van der Waals surface area contributed by atoms with Gasteiger partial charge in [0.25, 0.3) is 0 Å². The Morgan fingerprint density at radius 1 is 1.06 bits per heavy atom. The second-order valence-electron chi connectivity index (χ2n) is 5.39. The minimum absolute atomic E-state index is 0.101. The summed E-state index contributed by atoms with van der Waals surface area (Å²) in [5, 5.41) is 12.7. The molecule has 0 heterocycles. The molecule has 1 N–H and O–H groups in total. The minimum atomic E-state index is 0.101. The Labute approximate surface area is 107 Å². The SMILES string of the molecule is CC.CC.CC1CCC2(CC2)/C(=N\O)C1(C)C. The molecule has 1 unspecified atom stereocenters. The predicted octanol–water partition coefficient (Wildman–Crippen LogP) is 5.11. The lowest BCUT2D eigenvalue weighted by Crippen LogP contribution is -2.42. The monoisotopic (exact) mass is 241 g/mol. The van der Waals surface area contributed by atoms with E-state index in [9.17, 15) is 0 Å². The summed E-state index contributed by atoms with van der Waals surface area (Å²) < 4.78 is 0.